The maximum absolute atomic E-state index is 3.56. The van der Waals surface area contributed by atoms with E-state index in [0.717, 1.165) is 6.54 Å². The maximum atomic E-state index is 3.56. The van der Waals surface area contributed by atoms with E-state index in [0.29, 0.717) is 12.1 Å². The molecule has 16 heavy (non-hydrogen) atoms. The van der Waals surface area contributed by atoms with Gasteiger partial charge in [0.2, 0.25) is 0 Å². The lowest BCUT2D eigenvalue weighted by Crippen LogP contribution is -2.33. The van der Waals surface area contributed by atoms with Gasteiger partial charge < -0.3 is 10.2 Å². The Hall–Kier alpha value is -0.280. The highest BCUT2D eigenvalue weighted by Gasteiger charge is 2.29. The number of hydrogen-bond donors (Lipinski definition) is 1. The Morgan fingerprint density at radius 2 is 1.75 bits per heavy atom. The zero-order valence-corrected chi connectivity index (χ0v) is 11.4. The van der Waals surface area contributed by atoms with Crippen molar-refractivity contribution < 1.29 is 0 Å². The second kappa shape index (κ2) is 7.13. The highest BCUT2D eigenvalue weighted by Crippen LogP contribution is 2.26. The second-order valence-electron chi connectivity index (χ2n) is 4.16. The average molecular weight is 263 g/mol. The minimum atomic E-state index is 0. The molecule has 1 aliphatic rings. The van der Waals surface area contributed by atoms with Gasteiger partial charge >= 0.3 is 0 Å². The number of nitrogens with zero attached hydrogens (tertiary/aromatic N) is 1. The number of benzene rings is 1. The summed E-state index contributed by atoms with van der Waals surface area (Å²) in [5.41, 5.74) is 1.41. The van der Waals surface area contributed by atoms with Crippen molar-refractivity contribution in [3.05, 3.63) is 35.9 Å². The molecule has 2 atom stereocenters. The van der Waals surface area contributed by atoms with E-state index in [-0.39, 0.29) is 24.8 Å². The van der Waals surface area contributed by atoms with Crippen molar-refractivity contribution in [2.45, 2.75) is 18.5 Å². The number of hydrogen-bond acceptors (Lipinski definition) is 2. The average Bonchev–Trinajstić information content (AvgIpc) is 2.67. The Morgan fingerprint density at radius 3 is 2.31 bits per heavy atom. The molecule has 0 aromatic heterocycles. The van der Waals surface area contributed by atoms with Gasteiger partial charge in [-0.2, -0.15) is 0 Å². The molecule has 1 saturated heterocycles. The van der Waals surface area contributed by atoms with Crippen molar-refractivity contribution in [2.75, 3.05) is 20.6 Å². The van der Waals surface area contributed by atoms with Crippen molar-refractivity contribution in [3.8, 4) is 0 Å². The van der Waals surface area contributed by atoms with E-state index >= 15 is 0 Å². The lowest BCUT2D eigenvalue weighted by Gasteiger charge is -2.26. The number of rotatable bonds is 2. The van der Waals surface area contributed by atoms with E-state index in [1.54, 1.807) is 0 Å². The molecular weight excluding hydrogens is 243 g/mol. The van der Waals surface area contributed by atoms with Gasteiger partial charge in [0.05, 0.1) is 0 Å². The summed E-state index contributed by atoms with van der Waals surface area (Å²) < 4.78 is 0. The first-order valence-corrected chi connectivity index (χ1v) is 5.24. The van der Waals surface area contributed by atoms with Gasteiger partial charge in [0.15, 0.2) is 0 Å². The lowest BCUT2D eigenvalue weighted by molar-refractivity contribution is 0.270. The van der Waals surface area contributed by atoms with Gasteiger partial charge in [-0.05, 0) is 32.6 Å². The molecule has 0 amide bonds. The molecule has 2 rings (SSSR count). The first kappa shape index (κ1) is 15.7. The van der Waals surface area contributed by atoms with Gasteiger partial charge in [-0.1, -0.05) is 30.3 Å². The van der Waals surface area contributed by atoms with Gasteiger partial charge in [-0.3, -0.25) is 0 Å². The molecule has 1 aromatic rings. The summed E-state index contributed by atoms with van der Waals surface area (Å²) in [5, 5.41) is 3.56. The zero-order chi connectivity index (χ0) is 9.97. The minimum absolute atomic E-state index is 0. The molecule has 0 radical (unpaired) electrons. The molecule has 0 spiro atoms. The van der Waals surface area contributed by atoms with Gasteiger partial charge in [0.1, 0.15) is 0 Å². The predicted octanol–water partition coefficient (Wildman–Crippen LogP) is 2.49. The van der Waals surface area contributed by atoms with Crippen LogP contribution in [0.4, 0.5) is 0 Å². The normalized spacial score (nSPS) is 23.7. The smallest absolute Gasteiger partial charge is 0.0478 e. The second-order valence-corrected chi connectivity index (χ2v) is 4.16. The first-order valence-electron chi connectivity index (χ1n) is 5.24. The van der Waals surface area contributed by atoms with E-state index in [9.17, 15) is 0 Å². The van der Waals surface area contributed by atoms with Crippen LogP contribution in [0, 0.1) is 0 Å². The molecule has 0 aliphatic carbocycles. The Morgan fingerprint density at radius 1 is 1.12 bits per heavy atom. The number of halogens is 2. The molecule has 2 unspecified atom stereocenters. The van der Waals surface area contributed by atoms with Crippen LogP contribution in [0.2, 0.25) is 0 Å². The van der Waals surface area contributed by atoms with Crippen LogP contribution in [0.3, 0.4) is 0 Å². The summed E-state index contributed by atoms with van der Waals surface area (Å²) in [6.45, 7) is 1.13. The highest BCUT2D eigenvalue weighted by atomic mass is 35.5. The molecule has 1 N–H and O–H groups in total. The molecule has 1 heterocycles. The van der Waals surface area contributed by atoms with Gasteiger partial charge in [0, 0.05) is 12.1 Å². The maximum Gasteiger partial charge on any atom is 0.0478 e. The third-order valence-electron chi connectivity index (χ3n) is 3.01. The van der Waals surface area contributed by atoms with Crippen LogP contribution in [0.5, 0.6) is 0 Å². The standard InChI is InChI=1S/C12H18N2.2ClH/c1-14(2)11-8-9-13-12(11)10-6-4-3-5-7-10;;/h3-7,11-13H,8-9H2,1-2H3;2*1H. The monoisotopic (exact) mass is 262 g/mol. The number of likely N-dealkylation sites (N-methyl/N-ethyl adjacent to an activating group) is 1. The molecule has 1 aliphatic heterocycles. The lowest BCUT2D eigenvalue weighted by atomic mass is 10.0. The van der Waals surface area contributed by atoms with Crippen LogP contribution in [0.1, 0.15) is 18.0 Å². The quantitative estimate of drug-likeness (QED) is 0.882. The van der Waals surface area contributed by atoms with Crippen LogP contribution >= 0.6 is 24.8 Å². The first-order chi connectivity index (χ1) is 6.79. The minimum Gasteiger partial charge on any atom is -0.309 e. The summed E-state index contributed by atoms with van der Waals surface area (Å²) in [4.78, 5) is 2.32. The third-order valence-corrected chi connectivity index (χ3v) is 3.01. The molecule has 4 heteroatoms. The number of nitrogens with one attached hydrogen (secondary N) is 1. The fourth-order valence-electron chi connectivity index (χ4n) is 2.25. The third kappa shape index (κ3) is 3.36. The summed E-state index contributed by atoms with van der Waals surface area (Å²) in [6.07, 6.45) is 1.24. The van der Waals surface area contributed by atoms with Crippen molar-refractivity contribution in [1.82, 2.24) is 10.2 Å². The Labute approximate surface area is 110 Å². The van der Waals surface area contributed by atoms with E-state index in [2.05, 4.69) is 54.6 Å². The summed E-state index contributed by atoms with van der Waals surface area (Å²) >= 11 is 0. The molecular formula is C12H20Cl2N2. The molecule has 0 saturated carbocycles. The van der Waals surface area contributed by atoms with Crippen LogP contribution in [-0.2, 0) is 0 Å². The molecule has 2 nitrogen and oxygen atoms in total. The molecule has 1 aromatic carbocycles. The van der Waals surface area contributed by atoms with Crippen LogP contribution in [0.25, 0.3) is 0 Å². The Bertz CT molecular complexity index is 290. The van der Waals surface area contributed by atoms with Crippen molar-refractivity contribution in [2.24, 2.45) is 0 Å². The van der Waals surface area contributed by atoms with E-state index in [4.69, 9.17) is 0 Å². The van der Waals surface area contributed by atoms with Crippen LogP contribution in [0.15, 0.2) is 30.3 Å². The van der Waals surface area contributed by atoms with Crippen molar-refractivity contribution in [1.29, 1.82) is 0 Å². The fourth-order valence-corrected chi connectivity index (χ4v) is 2.25. The Kier molecular flexibility index (Phi) is 7.00. The van der Waals surface area contributed by atoms with E-state index in [1.165, 1.54) is 12.0 Å². The zero-order valence-electron chi connectivity index (χ0n) is 9.72. The fraction of sp³-hybridized carbons (Fsp3) is 0.500. The Balaban J connectivity index is 0.00000112. The molecule has 92 valence electrons. The molecule has 1 fully saturated rings. The van der Waals surface area contributed by atoms with E-state index < -0.39 is 0 Å². The predicted molar refractivity (Wildman–Crippen MR) is 73.8 cm³/mol. The van der Waals surface area contributed by atoms with Gasteiger partial charge in [-0.25, -0.2) is 0 Å². The van der Waals surface area contributed by atoms with Gasteiger partial charge in [-0.15, -0.1) is 24.8 Å². The van der Waals surface area contributed by atoms with Gasteiger partial charge in [0.25, 0.3) is 0 Å². The summed E-state index contributed by atoms with van der Waals surface area (Å²) in [7, 11) is 4.32. The summed E-state index contributed by atoms with van der Waals surface area (Å²) in [5.74, 6) is 0. The van der Waals surface area contributed by atoms with Crippen molar-refractivity contribution in [3.63, 3.8) is 0 Å². The highest BCUT2D eigenvalue weighted by molar-refractivity contribution is 5.85. The topological polar surface area (TPSA) is 15.3 Å². The van der Waals surface area contributed by atoms with Crippen molar-refractivity contribution >= 4 is 24.8 Å². The SMILES string of the molecule is CN(C)C1CCNC1c1ccccc1.Cl.Cl. The van der Waals surface area contributed by atoms with Crippen LogP contribution in [-0.4, -0.2) is 31.6 Å². The largest absolute Gasteiger partial charge is 0.309 e. The summed E-state index contributed by atoms with van der Waals surface area (Å²) in [6, 6.07) is 11.9. The molecule has 0 bridgehead atoms. The van der Waals surface area contributed by atoms with E-state index in [1.807, 2.05) is 0 Å². The van der Waals surface area contributed by atoms with Crippen LogP contribution < -0.4 is 5.32 Å².